The standard InChI is InChI=1S/C17H19F3N6O/c1-25(10-3-2-4-21-6-10)15-13(18)11-7-22-16(27)12(11)14(24-15)9-5-23-26(8-9)17(19)20/h5,8,10,17,21H,2-4,6-7H2,1H3,(H,22,27). The summed E-state index contributed by atoms with van der Waals surface area (Å²) in [7, 11) is 1.76. The van der Waals surface area contributed by atoms with E-state index in [0.717, 1.165) is 25.6 Å². The summed E-state index contributed by atoms with van der Waals surface area (Å²) >= 11 is 0. The third-order valence-corrected chi connectivity index (χ3v) is 5.10. The van der Waals surface area contributed by atoms with Gasteiger partial charge in [-0.3, -0.25) is 4.79 Å². The largest absolute Gasteiger partial charge is 0.353 e. The minimum Gasteiger partial charge on any atom is -0.353 e. The molecule has 10 heteroatoms. The van der Waals surface area contributed by atoms with Crippen LogP contribution in [0.5, 0.6) is 0 Å². The normalized spacial score (nSPS) is 19.3. The molecular formula is C17H19F3N6O. The third-order valence-electron chi connectivity index (χ3n) is 5.10. The molecule has 0 saturated carbocycles. The predicted molar refractivity (Wildman–Crippen MR) is 92.1 cm³/mol. The van der Waals surface area contributed by atoms with E-state index in [1.54, 1.807) is 11.9 Å². The molecule has 0 aliphatic carbocycles. The van der Waals surface area contributed by atoms with Gasteiger partial charge in [0.05, 0.1) is 17.5 Å². The average molecular weight is 380 g/mol. The molecule has 2 aromatic rings. The number of rotatable bonds is 4. The lowest BCUT2D eigenvalue weighted by Crippen LogP contribution is -2.45. The maximum absolute atomic E-state index is 15.1. The lowest BCUT2D eigenvalue weighted by molar-refractivity contribution is 0.0566. The Hall–Kier alpha value is -2.62. The number of likely N-dealkylation sites (N-methyl/N-ethyl adjacent to an activating group) is 1. The molecule has 1 unspecified atom stereocenters. The van der Waals surface area contributed by atoms with Crippen LogP contribution in [0.2, 0.25) is 0 Å². The second-order valence-corrected chi connectivity index (χ2v) is 6.73. The van der Waals surface area contributed by atoms with Gasteiger partial charge in [-0.15, -0.1) is 0 Å². The number of fused-ring (bicyclic) bond motifs is 1. The van der Waals surface area contributed by atoms with Crippen LogP contribution in [0.1, 0.15) is 35.3 Å². The highest BCUT2D eigenvalue weighted by Crippen LogP contribution is 2.34. The fraction of sp³-hybridized carbons (Fsp3) is 0.471. The Morgan fingerprint density at radius 2 is 2.22 bits per heavy atom. The van der Waals surface area contributed by atoms with Crippen LogP contribution in [0.15, 0.2) is 12.4 Å². The molecule has 144 valence electrons. The minimum absolute atomic E-state index is 0.0439. The molecule has 4 heterocycles. The van der Waals surface area contributed by atoms with E-state index in [4.69, 9.17) is 0 Å². The van der Waals surface area contributed by atoms with Gasteiger partial charge in [0.2, 0.25) is 0 Å². The van der Waals surface area contributed by atoms with Gasteiger partial charge < -0.3 is 15.5 Å². The van der Waals surface area contributed by atoms with E-state index >= 15 is 4.39 Å². The van der Waals surface area contributed by atoms with Crippen LogP contribution in [0.4, 0.5) is 19.0 Å². The SMILES string of the molecule is CN(c1nc(-c2cnn(C(F)F)c2)c2c(c1F)CNC2=O)C1CCCNC1. The van der Waals surface area contributed by atoms with Crippen LogP contribution >= 0.6 is 0 Å². The summed E-state index contributed by atoms with van der Waals surface area (Å²) in [5.74, 6) is -0.912. The lowest BCUT2D eigenvalue weighted by atomic mass is 10.0. The first-order valence-corrected chi connectivity index (χ1v) is 8.74. The summed E-state index contributed by atoms with van der Waals surface area (Å²) < 4.78 is 41.4. The van der Waals surface area contributed by atoms with Gasteiger partial charge in [-0.05, 0) is 19.4 Å². The Balaban J connectivity index is 1.82. The monoisotopic (exact) mass is 380 g/mol. The van der Waals surface area contributed by atoms with Gasteiger partial charge in [0, 0.05) is 43.5 Å². The number of halogens is 3. The Kier molecular flexibility index (Phi) is 4.50. The maximum Gasteiger partial charge on any atom is 0.333 e. The van der Waals surface area contributed by atoms with Gasteiger partial charge in [0.15, 0.2) is 11.6 Å². The number of carbonyl (C=O) groups is 1. The summed E-state index contributed by atoms with van der Waals surface area (Å²) in [5.41, 5.74) is 0.708. The molecule has 7 nitrogen and oxygen atoms in total. The molecule has 2 aromatic heterocycles. The summed E-state index contributed by atoms with van der Waals surface area (Å²) in [5, 5.41) is 9.46. The van der Waals surface area contributed by atoms with Gasteiger partial charge in [0.25, 0.3) is 5.91 Å². The quantitative estimate of drug-likeness (QED) is 0.848. The van der Waals surface area contributed by atoms with Crippen LogP contribution in [0, 0.1) is 5.82 Å². The second kappa shape index (κ2) is 6.84. The number of nitrogens with one attached hydrogen (secondary N) is 2. The fourth-order valence-electron chi connectivity index (χ4n) is 3.61. The van der Waals surface area contributed by atoms with E-state index in [1.165, 1.54) is 6.20 Å². The van der Waals surface area contributed by atoms with Gasteiger partial charge in [0.1, 0.15) is 0 Å². The van der Waals surface area contributed by atoms with Crippen LogP contribution in [0.25, 0.3) is 11.3 Å². The maximum atomic E-state index is 15.1. The van der Waals surface area contributed by atoms with Crippen molar-refractivity contribution in [2.75, 3.05) is 25.0 Å². The van der Waals surface area contributed by atoms with Crippen molar-refractivity contribution >= 4 is 11.7 Å². The molecule has 0 aromatic carbocycles. The van der Waals surface area contributed by atoms with Crippen molar-refractivity contribution in [2.24, 2.45) is 0 Å². The number of carbonyl (C=O) groups excluding carboxylic acids is 1. The topological polar surface area (TPSA) is 75.1 Å². The highest BCUT2D eigenvalue weighted by atomic mass is 19.3. The van der Waals surface area contributed by atoms with E-state index in [1.807, 2.05) is 0 Å². The van der Waals surface area contributed by atoms with Crippen molar-refractivity contribution in [2.45, 2.75) is 32.0 Å². The molecule has 4 rings (SSSR count). The number of hydrogen-bond donors (Lipinski definition) is 2. The molecule has 1 saturated heterocycles. The van der Waals surface area contributed by atoms with Crippen LogP contribution < -0.4 is 15.5 Å². The summed E-state index contributed by atoms with van der Waals surface area (Å²) in [4.78, 5) is 18.4. The Morgan fingerprint density at radius 3 is 2.89 bits per heavy atom. The molecule has 1 amide bonds. The van der Waals surface area contributed by atoms with E-state index in [-0.39, 0.29) is 40.8 Å². The first-order valence-electron chi connectivity index (χ1n) is 8.74. The fourth-order valence-corrected chi connectivity index (χ4v) is 3.61. The zero-order valence-electron chi connectivity index (χ0n) is 14.7. The zero-order valence-corrected chi connectivity index (χ0v) is 14.7. The molecular weight excluding hydrogens is 361 g/mol. The molecule has 0 radical (unpaired) electrons. The van der Waals surface area contributed by atoms with Crippen LogP contribution in [-0.2, 0) is 6.54 Å². The number of aromatic nitrogens is 3. The van der Waals surface area contributed by atoms with Crippen molar-refractivity contribution in [3.8, 4) is 11.3 Å². The number of hydrogen-bond acceptors (Lipinski definition) is 5. The summed E-state index contributed by atoms with van der Waals surface area (Å²) in [6.45, 7) is -1.15. The summed E-state index contributed by atoms with van der Waals surface area (Å²) in [6.07, 6.45) is 4.18. The Bertz CT molecular complexity index is 878. The smallest absolute Gasteiger partial charge is 0.333 e. The third kappa shape index (κ3) is 3.03. The number of anilines is 1. The first-order chi connectivity index (χ1) is 13.0. The van der Waals surface area contributed by atoms with E-state index in [9.17, 15) is 13.6 Å². The number of alkyl halides is 2. The van der Waals surface area contributed by atoms with Gasteiger partial charge in [-0.2, -0.15) is 13.9 Å². The Labute approximate surface area is 153 Å². The highest BCUT2D eigenvalue weighted by molar-refractivity contribution is 6.04. The number of nitrogens with zero attached hydrogens (tertiary/aromatic N) is 4. The van der Waals surface area contributed by atoms with E-state index in [0.29, 0.717) is 11.2 Å². The average Bonchev–Trinajstić information content (AvgIpc) is 3.31. The van der Waals surface area contributed by atoms with E-state index in [2.05, 4.69) is 20.7 Å². The van der Waals surface area contributed by atoms with Crippen molar-refractivity contribution < 1.29 is 18.0 Å². The minimum atomic E-state index is -2.81. The van der Waals surface area contributed by atoms with Gasteiger partial charge >= 0.3 is 6.55 Å². The molecule has 2 aliphatic heterocycles. The molecule has 1 fully saturated rings. The van der Waals surface area contributed by atoms with Crippen LogP contribution in [0.3, 0.4) is 0 Å². The lowest BCUT2D eigenvalue weighted by Gasteiger charge is -2.33. The van der Waals surface area contributed by atoms with Crippen LogP contribution in [-0.4, -0.2) is 46.9 Å². The highest BCUT2D eigenvalue weighted by Gasteiger charge is 2.33. The van der Waals surface area contributed by atoms with Crippen molar-refractivity contribution in [3.63, 3.8) is 0 Å². The predicted octanol–water partition coefficient (Wildman–Crippen LogP) is 1.91. The molecule has 0 bridgehead atoms. The molecule has 0 spiro atoms. The Morgan fingerprint density at radius 1 is 1.41 bits per heavy atom. The van der Waals surface area contributed by atoms with Crippen molar-refractivity contribution in [3.05, 3.63) is 29.3 Å². The molecule has 2 aliphatic rings. The second-order valence-electron chi connectivity index (χ2n) is 6.73. The number of piperidine rings is 1. The van der Waals surface area contributed by atoms with Crippen molar-refractivity contribution in [1.82, 2.24) is 25.4 Å². The number of pyridine rings is 1. The number of amides is 1. The molecule has 1 atom stereocenters. The van der Waals surface area contributed by atoms with Crippen molar-refractivity contribution in [1.29, 1.82) is 0 Å². The first kappa shape index (κ1) is 17.8. The van der Waals surface area contributed by atoms with Gasteiger partial charge in [-0.1, -0.05) is 0 Å². The zero-order chi connectivity index (χ0) is 19.1. The van der Waals surface area contributed by atoms with E-state index < -0.39 is 18.3 Å². The molecule has 2 N–H and O–H groups in total. The molecule has 27 heavy (non-hydrogen) atoms. The summed E-state index contributed by atoms with van der Waals surface area (Å²) in [6, 6.07) is 0.0560. The van der Waals surface area contributed by atoms with Gasteiger partial charge in [-0.25, -0.2) is 14.1 Å².